The number of rotatable bonds is 3. The average molecular weight is 366 g/mol. The normalized spacial score (nSPS) is 6.92. The molecule has 0 bridgehead atoms. The topological polar surface area (TPSA) is 0 Å². The summed E-state index contributed by atoms with van der Waals surface area (Å²) in [6.07, 6.45) is 9.96. The molecule has 0 nitrogen and oxygen atoms in total. The smallest absolute Gasteiger partial charge is 0 e. The van der Waals surface area contributed by atoms with Crippen LogP contribution in [0.4, 0.5) is 0 Å². The Balaban J connectivity index is -0.0000000450. The van der Waals surface area contributed by atoms with Crippen molar-refractivity contribution in [1.29, 1.82) is 0 Å². The van der Waals surface area contributed by atoms with Gasteiger partial charge in [-0.3, -0.25) is 0 Å². The minimum Gasteiger partial charge on any atom is -0.332 e. The Hall–Kier alpha value is 0.688. The summed E-state index contributed by atoms with van der Waals surface area (Å²) >= 11 is 0. The molecule has 0 aromatic carbocycles. The molecule has 0 aliphatic rings. The molecule has 0 aliphatic heterocycles. The molecule has 0 aliphatic carbocycles. The molecule has 0 N–H and O–H groups in total. The van der Waals surface area contributed by atoms with E-state index in [0.29, 0.717) is 0 Å². The molecule has 0 unspecified atom stereocenters. The molecule has 0 saturated carbocycles. The van der Waals surface area contributed by atoms with Gasteiger partial charge >= 0.3 is 0 Å². The Morgan fingerprint density at radius 2 is 0.692 bits per heavy atom. The zero-order valence-corrected chi connectivity index (χ0v) is 12.4. The van der Waals surface area contributed by atoms with Crippen LogP contribution in [0.3, 0.4) is 0 Å². The van der Waals surface area contributed by atoms with Crippen LogP contribution in [0.5, 0.6) is 0 Å². The van der Waals surface area contributed by atoms with Crippen molar-refractivity contribution in [2.75, 3.05) is 0 Å². The van der Waals surface area contributed by atoms with E-state index in [1.54, 1.807) is 0 Å². The minimum absolute atomic E-state index is 0. The third-order valence-electron chi connectivity index (χ3n) is 1.22. The van der Waals surface area contributed by atoms with Gasteiger partial charge in [-0.2, -0.15) is 40.0 Å². The van der Waals surface area contributed by atoms with Crippen LogP contribution in [0.15, 0.2) is 0 Å². The molecule has 0 aromatic heterocycles. The average Bonchev–Trinajstić information content (AvgIpc) is 2.18. The number of hydrogen-bond acceptors (Lipinski definition) is 0. The fourth-order valence-corrected chi connectivity index (χ4v) is 0. The van der Waals surface area contributed by atoms with E-state index in [1.165, 1.54) is 19.3 Å². The van der Waals surface area contributed by atoms with Crippen LogP contribution in [-0.2, 0) is 21.1 Å². The first-order valence-electron chi connectivity index (χ1n) is 5.08. The molecule has 0 radical (unpaired) electrons. The Morgan fingerprint density at radius 1 is 0.615 bits per heavy atom. The third kappa shape index (κ3) is 107. The van der Waals surface area contributed by atoms with Gasteiger partial charge in [-0.05, 0) is 0 Å². The molecule has 0 spiro atoms. The molecular formula is C12H27Pt-3. The van der Waals surface area contributed by atoms with Gasteiger partial charge in [0.1, 0.15) is 0 Å². The Morgan fingerprint density at radius 3 is 0.692 bits per heavy atom. The van der Waals surface area contributed by atoms with Gasteiger partial charge in [0.15, 0.2) is 0 Å². The maximum atomic E-state index is 2.12. The molecular weight excluding hydrogens is 339 g/mol. The summed E-state index contributed by atoms with van der Waals surface area (Å²) in [5, 5.41) is 0. The van der Waals surface area contributed by atoms with Gasteiger partial charge < -0.3 is 19.3 Å². The summed E-state index contributed by atoms with van der Waals surface area (Å²) in [6.45, 7) is 12.5. The molecule has 0 aromatic rings. The summed E-state index contributed by atoms with van der Waals surface area (Å²) < 4.78 is 0. The summed E-state index contributed by atoms with van der Waals surface area (Å²) in [6, 6.07) is 0. The van der Waals surface area contributed by atoms with Crippen LogP contribution < -0.4 is 0 Å². The van der Waals surface area contributed by atoms with Crippen molar-refractivity contribution < 1.29 is 21.1 Å². The minimum atomic E-state index is 0. The second-order valence-electron chi connectivity index (χ2n) is 2.45. The first-order chi connectivity index (χ1) is 5.74. The maximum Gasteiger partial charge on any atom is 0 e. The molecule has 0 saturated heterocycles. The molecule has 0 amide bonds. The van der Waals surface area contributed by atoms with E-state index in [2.05, 4.69) is 60.8 Å². The standard InChI is InChI=1S/3C4H9.Pt/c3*1-3-4-2;/h3*3H,4H2,1-2H3;/q3*-1;. The molecule has 0 rings (SSSR count). The molecule has 13 heavy (non-hydrogen) atoms. The molecule has 88 valence electrons. The van der Waals surface area contributed by atoms with Crippen LogP contribution in [0.25, 0.3) is 0 Å². The van der Waals surface area contributed by atoms with E-state index in [1.807, 2.05) is 0 Å². The van der Waals surface area contributed by atoms with Crippen LogP contribution in [0, 0.1) is 19.3 Å². The van der Waals surface area contributed by atoms with Gasteiger partial charge in [0.2, 0.25) is 0 Å². The van der Waals surface area contributed by atoms with Crippen molar-refractivity contribution in [3.05, 3.63) is 19.3 Å². The van der Waals surface area contributed by atoms with Crippen molar-refractivity contribution in [3.63, 3.8) is 0 Å². The predicted molar refractivity (Wildman–Crippen MR) is 60.8 cm³/mol. The van der Waals surface area contributed by atoms with Crippen LogP contribution in [0.1, 0.15) is 60.8 Å². The van der Waals surface area contributed by atoms with Gasteiger partial charge in [-0.15, -0.1) is 0 Å². The monoisotopic (exact) mass is 366 g/mol. The van der Waals surface area contributed by atoms with E-state index in [4.69, 9.17) is 0 Å². The van der Waals surface area contributed by atoms with Crippen LogP contribution in [0.2, 0.25) is 0 Å². The van der Waals surface area contributed by atoms with E-state index in [-0.39, 0.29) is 21.1 Å². The first-order valence-corrected chi connectivity index (χ1v) is 5.08. The molecule has 1 heteroatoms. The zero-order valence-electron chi connectivity index (χ0n) is 10.2. The molecule has 0 heterocycles. The quantitative estimate of drug-likeness (QED) is 0.626. The largest absolute Gasteiger partial charge is 0.332 e. The number of hydrogen-bond donors (Lipinski definition) is 0. The van der Waals surface area contributed by atoms with Gasteiger partial charge in [0, 0.05) is 21.1 Å². The predicted octanol–water partition coefficient (Wildman–Crippen LogP) is 4.86. The van der Waals surface area contributed by atoms with Crippen molar-refractivity contribution in [2.24, 2.45) is 0 Å². The number of unbranched alkanes of at least 4 members (excludes halogenated alkanes) is 3. The van der Waals surface area contributed by atoms with Crippen molar-refractivity contribution >= 4 is 0 Å². The van der Waals surface area contributed by atoms with Crippen LogP contribution >= 0.6 is 0 Å². The first kappa shape index (κ1) is 23.5. The van der Waals surface area contributed by atoms with Gasteiger partial charge in [0.25, 0.3) is 0 Å². The summed E-state index contributed by atoms with van der Waals surface area (Å²) in [5.74, 6) is 0. The van der Waals surface area contributed by atoms with E-state index >= 15 is 0 Å². The summed E-state index contributed by atoms with van der Waals surface area (Å²) in [7, 11) is 0. The summed E-state index contributed by atoms with van der Waals surface area (Å²) in [5.41, 5.74) is 0. The van der Waals surface area contributed by atoms with Gasteiger partial charge in [-0.1, -0.05) is 20.8 Å². The SMILES string of the molecule is C[CH-]CC.C[CH-]CC.C[CH-]CC.[Pt]. The second kappa shape index (κ2) is 38.8. The Labute approximate surface area is 101 Å². The zero-order chi connectivity index (χ0) is 10.2. The van der Waals surface area contributed by atoms with Crippen molar-refractivity contribution in [1.82, 2.24) is 0 Å². The summed E-state index contributed by atoms with van der Waals surface area (Å²) in [4.78, 5) is 0. The van der Waals surface area contributed by atoms with Gasteiger partial charge in [-0.25, -0.2) is 0 Å². The fourth-order valence-electron chi connectivity index (χ4n) is 0. The van der Waals surface area contributed by atoms with E-state index in [0.717, 1.165) is 0 Å². The van der Waals surface area contributed by atoms with E-state index < -0.39 is 0 Å². The van der Waals surface area contributed by atoms with E-state index in [9.17, 15) is 0 Å². The second-order valence-corrected chi connectivity index (χ2v) is 2.45. The van der Waals surface area contributed by atoms with Crippen LogP contribution in [-0.4, -0.2) is 0 Å². The maximum absolute atomic E-state index is 2.12. The Kier molecular flexibility index (Phi) is 70.0. The Bertz CT molecular complexity index is 20.6. The third-order valence-corrected chi connectivity index (χ3v) is 1.22. The molecule has 0 fully saturated rings. The fraction of sp³-hybridized carbons (Fsp3) is 0.750. The van der Waals surface area contributed by atoms with Crippen molar-refractivity contribution in [3.8, 4) is 0 Å². The van der Waals surface area contributed by atoms with Gasteiger partial charge in [0.05, 0.1) is 0 Å². The molecule has 0 atom stereocenters. The van der Waals surface area contributed by atoms with Crippen molar-refractivity contribution in [2.45, 2.75) is 60.8 Å².